The lowest BCUT2D eigenvalue weighted by molar-refractivity contribution is 0.261. The van der Waals surface area contributed by atoms with Gasteiger partial charge in [0.15, 0.2) is 0 Å². The number of rotatable bonds is 7. The molecule has 0 fully saturated rings. The van der Waals surface area contributed by atoms with Crippen LogP contribution in [0.4, 0.5) is 0 Å². The number of likely N-dealkylation sites (N-methyl/N-ethyl adjacent to an activating group) is 1. The van der Waals surface area contributed by atoms with E-state index in [1.165, 1.54) is 5.56 Å². The van der Waals surface area contributed by atoms with Gasteiger partial charge in [0.2, 0.25) is 0 Å². The molecule has 2 aromatic heterocycles. The molecule has 7 nitrogen and oxygen atoms in total. The number of aryl methyl sites for hydroxylation is 1. The summed E-state index contributed by atoms with van der Waals surface area (Å²) >= 11 is 0. The lowest BCUT2D eigenvalue weighted by atomic mass is 10.0. The molecule has 7 heteroatoms. The van der Waals surface area contributed by atoms with Crippen LogP contribution < -0.4 is 4.74 Å². The molecule has 2 aromatic carbocycles. The maximum atomic E-state index is 9.41. The Morgan fingerprint density at radius 2 is 1.74 bits per heavy atom. The van der Waals surface area contributed by atoms with Crippen molar-refractivity contribution in [1.82, 2.24) is 19.9 Å². The van der Waals surface area contributed by atoms with Crippen LogP contribution >= 0.6 is 0 Å². The highest BCUT2D eigenvalue weighted by molar-refractivity contribution is 6.05. The number of nitrogens with one attached hydrogen (secondary N) is 1. The van der Waals surface area contributed by atoms with Gasteiger partial charge in [-0.1, -0.05) is 17.3 Å². The van der Waals surface area contributed by atoms with Crippen molar-refractivity contribution >= 4 is 5.71 Å². The first-order valence-electron chi connectivity index (χ1n) is 11.4. The molecule has 0 saturated heterocycles. The van der Waals surface area contributed by atoms with Crippen molar-refractivity contribution in [2.45, 2.75) is 12.8 Å². The van der Waals surface area contributed by atoms with Crippen LogP contribution in [0.3, 0.4) is 0 Å². The summed E-state index contributed by atoms with van der Waals surface area (Å²) in [5.74, 6) is 1.61. The van der Waals surface area contributed by atoms with Crippen LogP contribution in [-0.4, -0.2) is 58.0 Å². The molecule has 0 saturated carbocycles. The van der Waals surface area contributed by atoms with Crippen molar-refractivity contribution < 1.29 is 9.94 Å². The molecule has 4 aromatic rings. The molecular formula is C27H27N5O2. The molecule has 5 rings (SSSR count). The van der Waals surface area contributed by atoms with Gasteiger partial charge in [0.05, 0.1) is 17.1 Å². The molecule has 1 aliphatic carbocycles. The molecule has 0 unspecified atom stereocenters. The van der Waals surface area contributed by atoms with E-state index in [0.29, 0.717) is 6.61 Å². The third-order valence-corrected chi connectivity index (χ3v) is 6.05. The fourth-order valence-corrected chi connectivity index (χ4v) is 4.20. The number of fused-ring (bicyclic) bond motifs is 1. The number of pyridine rings is 1. The smallest absolute Gasteiger partial charge is 0.138 e. The van der Waals surface area contributed by atoms with Gasteiger partial charge < -0.3 is 19.8 Å². The molecule has 2 heterocycles. The second-order valence-electron chi connectivity index (χ2n) is 8.64. The number of H-pyrrole nitrogens is 1. The van der Waals surface area contributed by atoms with Gasteiger partial charge in [-0.25, -0.2) is 4.98 Å². The summed E-state index contributed by atoms with van der Waals surface area (Å²) in [5, 5.41) is 12.9. The first kappa shape index (κ1) is 21.9. The van der Waals surface area contributed by atoms with E-state index in [9.17, 15) is 5.21 Å². The summed E-state index contributed by atoms with van der Waals surface area (Å²) in [6, 6.07) is 18.2. The fraction of sp³-hybridized carbons (Fsp3) is 0.222. The summed E-state index contributed by atoms with van der Waals surface area (Å²) in [5.41, 5.74) is 7.63. The Kier molecular flexibility index (Phi) is 6.10. The van der Waals surface area contributed by atoms with Gasteiger partial charge in [0.25, 0.3) is 0 Å². The van der Waals surface area contributed by atoms with Crippen LogP contribution in [0.2, 0.25) is 0 Å². The van der Waals surface area contributed by atoms with Gasteiger partial charge in [-0.3, -0.25) is 4.98 Å². The zero-order valence-corrected chi connectivity index (χ0v) is 19.3. The van der Waals surface area contributed by atoms with Crippen molar-refractivity contribution in [3.8, 4) is 39.7 Å². The SMILES string of the molecule is CN(C)CCOc1ccc(-c2nc(-c3ccc4c(c3)/C(=N/O)CC4)c(-c3ccncc3)[nH]2)cc1. The van der Waals surface area contributed by atoms with Crippen molar-refractivity contribution in [3.05, 3.63) is 78.1 Å². The van der Waals surface area contributed by atoms with Crippen LogP contribution in [-0.2, 0) is 6.42 Å². The number of imidazole rings is 1. The monoisotopic (exact) mass is 453 g/mol. The molecule has 0 spiro atoms. The van der Waals surface area contributed by atoms with Crippen LogP contribution in [0, 0.1) is 0 Å². The first-order valence-corrected chi connectivity index (χ1v) is 11.4. The molecule has 34 heavy (non-hydrogen) atoms. The van der Waals surface area contributed by atoms with Gasteiger partial charge >= 0.3 is 0 Å². The van der Waals surface area contributed by atoms with Crippen molar-refractivity contribution in [1.29, 1.82) is 0 Å². The number of hydrogen-bond donors (Lipinski definition) is 2. The molecule has 1 aliphatic rings. The third kappa shape index (κ3) is 4.43. The first-order chi connectivity index (χ1) is 16.6. The highest BCUT2D eigenvalue weighted by atomic mass is 16.5. The van der Waals surface area contributed by atoms with Crippen LogP contribution in [0.5, 0.6) is 5.75 Å². The van der Waals surface area contributed by atoms with Gasteiger partial charge in [0.1, 0.15) is 18.2 Å². The van der Waals surface area contributed by atoms with Gasteiger partial charge in [-0.05, 0) is 75.0 Å². The molecule has 0 bridgehead atoms. The maximum absolute atomic E-state index is 9.41. The van der Waals surface area contributed by atoms with E-state index in [4.69, 9.17) is 9.72 Å². The minimum Gasteiger partial charge on any atom is -0.492 e. The molecule has 172 valence electrons. The fourth-order valence-electron chi connectivity index (χ4n) is 4.20. The Hall–Kier alpha value is -3.97. The number of benzene rings is 2. The number of aromatic amines is 1. The lowest BCUT2D eigenvalue weighted by Gasteiger charge is -2.11. The zero-order chi connectivity index (χ0) is 23.5. The van der Waals surface area contributed by atoms with Crippen molar-refractivity contribution in [2.75, 3.05) is 27.2 Å². The largest absolute Gasteiger partial charge is 0.492 e. The van der Waals surface area contributed by atoms with E-state index in [0.717, 1.165) is 70.3 Å². The summed E-state index contributed by atoms with van der Waals surface area (Å²) in [6.07, 6.45) is 5.19. The van der Waals surface area contributed by atoms with E-state index in [1.54, 1.807) is 12.4 Å². The van der Waals surface area contributed by atoms with E-state index in [2.05, 4.69) is 38.2 Å². The molecule has 0 aliphatic heterocycles. The molecule has 0 atom stereocenters. The summed E-state index contributed by atoms with van der Waals surface area (Å²) in [4.78, 5) is 14.8. The topological polar surface area (TPSA) is 86.6 Å². The summed E-state index contributed by atoms with van der Waals surface area (Å²) in [7, 11) is 4.06. The normalized spacial score (nSPS) is 14.0. The predicted octanol–water partition coefficient (Wildman–Crippen LogP) is 4.87. The summed E-state index contributed by atoms with van der Waals surface area (Å²) < 4.78 is 5.83. The third-order valence-electron chi connectivity index (χ3n) is 6.05. The Morgan fingerprint density at radius 1 is 0.971 bits per heavy atom. The van der Waals surface area contributed by atoms with Crippen LogP contribution in [0.1, 0.15) is 17.5 Å². The highest BCUT2D eigenvalue weighted by Gasteiger charge is 2.21. The van der Waals surface area contributed by atoms with Crippen molar-refractivity contribution in [2.24, 2.45) is 5.16 Å². The molecule has 2 N–H and O–H groups in total. The molecule has 0 amide bonds. The number of hydrogen-bond acceptors (Lipinski definition) is 6. The molecular weight excluding hydrogens is 426 g/mol. The quantitative estimate of drug-likeness (QED) is 0.308. The van der Waals surface area contributed by atoms with E-state index in [-0.39, 0.29) is 0 Å². The van der Waals surface area contributed by atoms with Gasteiger partial charge in [0, 0.05) is 41.2 Å². The average Bonchev–Trinajstić information content (AvgIpc) is 3.49. The highest BCUT2D eigenvalue weighted by Crippen LogP contribution is 2.35. The minimum absolute atomic E-state index is 0.640. The van der Waals surface area contributed by atoms with Gasteiger partial charge in [-0.15, -0.1) is 0 Å². The van der Waals surface area contributed by atoms with Crippen molar-refractivity contribution in [3.63, 3.8) is 0 Å². The Balaban J connectivity index is 1.52. The summed E-state index contributed by atoms with van der Waals surface area (Å²) in [6.45, 7) is 1.50. The second kappa shape index (κ2) is 9.49. The Bertz CT molecular complexity index is 1310. The second-order valence-corrected chi connectivity index (χ2v) is 8.64. The number of aromatic nitrogens is 3. The average molecular weight is 454 g/mol. The van der Waals surface area contributed by atoms with E-state index >= 15 is 0 Å². The standard InChI is InChI=1S/C27H27N5O2/c1-32(2)15-16-34-22-8-5-20(6-9-22)27-29-25(19-11-13-28-14-12-19)26(30-27)21-4-3-18-7-10-24(31-33)23(18)17-21/h3-6,8-9,11-14,17,33H,7,10,15-16H2,1-2H3,(H,29,30)/b31-24+. The number of oxime groups is 1. The van der Waals surface area contributed by atoms with Crippen LogP contribution in [0.15, 0.2) is 72.1 Å². The number of nitrogens with zero attached hydrogens (tertiary/aromatic N) is 4. The minimum atomic E-state index is 0.640. The Morgan fingerprint density at radius 3 is 2.47 bits per heavy atom. The number of ether oxygens (including phenoxy) is 1. The zero-order valence-electron chi connectivity index (χ0n) is 19.3. The van der Waals surface area contributed by atoms with Gasteiger partial charge in [-0.2, -0.15) is 0 Å². The Labute approximate surface area is 198 Å². The maximum Gasteiger partial charge on any atom is 0.138 e. The molecule has 0 radical (unpaired) electrons. The lowest BCUT2D eigenvalue weighted by Crippen LogP contribution is -2.19. The predicted molar refractivity (Wildman–Crippen MR) is 133 cm³/mol. The van der Waals surface area contributed by atoms with E-state index in [1.807, 2.05) is 50.5 Å². The van der Waals surface area contributed by atoms with Crippen LogP contribution in [0.25, 0.3) is 33.9 Å². The van der Waals surface area contributed by atoms with E-state index < -0.39 is 0 Å².